The number of rotatable bonds is 9. The standard InChI is InChI=1S/C20H21N3O3S/c21-18(24)13-26-15-11-9-14(10-12-15)22-19(25)7-3-4-8-20-23-16-5-1-2-6-17(16)27-20/h1-2,5-6,9-12H,3-4,7-8,13H2,(H2,21,24)(H,22,25). The number of unbranched alkanes of at least 4 members (excludes halogenated alkanes) is 1. The second-order valence-corrected chi connectivity index (χ2v) is 7.23. The largest absolute Gasteiger partial charge is 0.484 e. The van der Waals surface area contributed by atoms with Crippen LogP contribution in [0.25, 0.3) is 10.2 Å². The molecule has 0 saturated carbocycles. The first-order valence-electron chi connectivity index (χ1n) is 8.75. The third kappa shape index (κ3) is 5.79. The summed E-state index contributed by atoms with van der Waals surface area (Å²) in [4.78, 5) is 27.3. The van der Waals surface area contributed by atoms with E-state index in [4.69, 9.17) is 10.5 Å². The van der Waals surface area contributed by atoms with E-state index in [0.29, 0.717) is 17.9 Å². The maximum Gasteiger partial charge on any atom is 0.255 e. The summed E-state index contributed by atoms with van der Waals surface area (Å²) in [6.45, 7) is -0.166. The van der Waals surface area contributed by atoms with Gasteiger partial charge in [-0.2, -0.15) is 0 Å². The maximum absolute atomic E-state index is 12.0. The molecule has 2 amide bonds. The highest BCUT2D eigenvalue weighted by Crippen LogP contribution is 2.23. The number of anilines is 1. The van der Waals surface area contributed by atoms with Crippen molar-refractivity contribution in [2.24, 2.45) is 5.73 Å². The first-order chi connectivity index (χ1) is 13.1. The van der Waals surface area contributed by atoms with Gasteiger partial charge >= 0.3 is 0 Å². The molecule has 7 heteroatoms. The van der Waals surface area contributed by atoms with Crippen LogP contribution in [0.2, 0.25) is 0 Å². The van der Waals surface area contributed by atoms with Gasteiger partial charge in [0.15, 0.2) is 6.61 Å². The minimum absolute atomic E-state index is 0.0231. The smallest absolute Gasteiger partial charge is 0.255 e. The molecular weight excluding hydrogens is 362 g/mol. The summed E-state index contributed by atoms with van der Waals surface area (Å²) >= 11 is 1.71. The van der Waals surface area contributed by atoms with Crippen molar-refractivity contribution in [3.05, 3.63) is 53.5 Å². The quantitative estimate of drug-likeness (QED) is 0.553. The number of aryl methyl sites for hydroxylation is 1. The second-order valence-electron chi connectivity index (χ2n) is 6.11. The van der Waals surface area contributed by atoms with E-state index >= 15 is 0 Å². The Bertz CT molecular complexity index is 889. The zero-order valence-electron chi connectivity index (χ0n) is 14.8. The molecular formula is C20H21N3O3S. The van der Waals surface area contributed by atoms with E-state index in [0.717, 1.165) is 29.8 Å². The number of benzene rings is 2. The van der Waals surface area contributed by atoms with Crippen LogP contribution in [0.15, 0.2) is 48.5 Å². The summed E-state index contributed by atoms with van der Waals surface area (Å²) < 4.78 is 6.38. The van der Waals surface area contributed by atoms with Crippen LogP contribution in [0.3, 0.4) is 0 Å². The van der Waals surface area contributed by atoms with Gasteiger partial charge in [-0.3, -0.25) is 9.59 Å². The number of nitrogens with two attached hydrogens (primary N) is 1. The summed E-state index contributed by atoms with van der Waals surface area (Å²) in [6.07, 6.45) is 3.08. The molecule has 2 aromatic carbocycles. The number of fused-ring (bicyclic) bond motifs is 1. The van der Waals surface area contributed by atoms with E-state index in [2.05, 4.69) is 16.4 Å². The van der Waals surface area contributed by atoms with Crippen molar-refractivity contribution < 1.29 is 14.3 Å². The molecule has 3 N–H and O–H groups in total. The van der Waals surface area contributed by atoms with Gasteiger partial charge in [-0.25, -0.2) is 4.98 Å². The van der Waals surface area contributed by atoms with Gasteiger partial charge in [-0.15, -0.1) is 11.3 Å². The van der Waals surface area contributed by atoms with Crippen LogP contribution in [-0.2, 0) is 16.0 Å². The number of primary amides is 1. The third-order valence-corrected chi connectivity index (χ3v) is 5.00. The number of ether oxygens (including phenoxy) is 1. The Balaban J connectivity index is 1.38. The molecule has 140 valence electrons. The summed E-state index contributed by atoms with van der Waals surface area (Å²) in [5, 5.41) is 3.97. The summed E-state index contributed by atoms with van der Waals surface area (Å²) in [6, 6.07) is 14.9. The summed E-state index contributed by atoms with van der Waals surface area (Å²) in [5.74, 6) is -0.0223. The van der Waals surface area contributed by atoms with Crippen LogP contribution in [0, 0.1) is 0 Å². The number of amides is 2. The number of carbonyl (C=O) groups is 2. The maximum atomic E-state index is 12.0. The zero-order valence-corrected chi connectivity index (χ0v) is 15.6. The lowest BCUT2D eigenvalue weighted by Crippen LogP contribution is -2.20. The Morgan fingerprint density at radius 1 is 1.07 bits per heavy atom. The molecule has 0 fully saturated rings. The molecule has 0 radical (unpaired) electrons. The normalized spacial score (nSPS) is 10.7. The van der Waals surface area contributed by atoms with Crippen molar-refractivity contribution in [1.29, 1.82) is 0 Å². The fraction of sp³-hybridized carbons (Fsp3) is 0.250. The predicted octanol–water partition coefficient (Wildman–Crippen LogP) is 3.51. The van der Waals surface area contributed by atoms with Crippen LogP contribution in [0.5, 0.6) is 5.75 Å². The SMILES string of the molecule is NC(=O)COc1ccc(NC(=O)CCCCc2nc3ccccc3s2)cc1. The highest BCUT2D eigenvalue weighted by Gasteiger charge is 2.06. The number of nitrogens with zero attached hydrogens (tertiary/aromatic N) is 1. The van der Waals surface area contributed by atoms with Crippen LogP contribution in [0.4, 0.5) is 5.69 Å². The Kier molecular flexibility index (Phi) is 6.38. The van der Waals surface area contributed by atoms with E-state index in [9.17, 15) is 9.59 Å². The fourth-order valence-corrected chi connectivity index (χ4v) is 3.61. The molecule has 3 rings (SSSR count). The highest BCUT2D eigenvalue weighted by atomic mass is 32.1. The van der Waals surface area contributed by atoms with Crippen LogP contribution in [0.1, 0.15) is 24.3 Å². The third-order valence-electron chi connectivity index (χ3n) is 3.90. The minimum Gasteiger partial charge on any atom is -0.484 e. The first-order valence-corrected chi connectivity index (χ1v) is 9.57. The molecule has 0 aliphatic rings. The number of para-hydroxylation sites is 1. The molecule has 0 aliphatic carbocycles. The lowest BCUT2D eigenvalue weighted by molar-refractivity contribution is -0.120. The van der Waals surface area contributed by atoms with Gasteiger partial charge < -0.3 is 15.8 Å². The summed E-state index contributed by atoms with van der Waals surface area (Å²) in [7, 11) is 0. The number of hydrogen-bond donors (Lipinski definition) is 2. The Hall–Kier alpha value is -2.93. The van der Waals surface area contributed by atoms with Crippen molar-refractivity contribution in [2.45, 2.75) is 25.7 Å². The van der Waals surface area contributed by atoms with Gasteiger partial charge in [-0.1, -0.05) is 12.1 Å². The van der Waals surface area contributed by atoms with Crippen molar-refractivity contribution in [1.82, 2.24) is 4.98 Å². The van der Waals surface area contributed by atoms with Crippen LogP contribution >= 0.6 is 11.3 Å². The molecule has 1 heterocycles. The average Bonchev–Trinajstić information content (AvgIpc) is 3.07. The van der Waals surface area contributed by atoms with Crippen LogP contribution in [-0.4, -0.2) is 23.4 Å². The number of aromatic nitrogens is 1. The Morgan fingerprint density at radius 2 is 1.85 bits per heavy atom. The van der Waals surface area contributed by atoms with Gasteiger partial charge in [-0.05, 0) is 55.7 Å². The number of carbonyl (C=O) groups excluding carboxylic acids is 2. The first kappa shape index (κ1) is 18.8. The molecule has 6 nitrogen and oxygen atoms in total. The molecule has 1 aromatic heterocycles. The average molecular weight is 383 g/mol. The van der Waals surface area contributed by atoms with E-state index in [-0.39, 0.29) is 12.5 Å². The fourth-order valence-electron chi connectivity index (χ4n) is 2.60. The van der Waals surface area contributed by atoms with E-state index < -0.39 is 5.91 Å². The molecule has 0 atom stereocenters. The van der Waals surface area contributed by atoms with Gasteiger partial charge in [0.1, 0.15) is 5.75 Å². The highest BCUT2D eigenvalue weighted by molar-refractivity contribution is 7.18. The molecule has 0 aliphatic heterocycles. The molecule has 27 heavy (non-hydrogen) atoms. The van der Waals surface area contributed by atoms with Crippen molar-refractivity contribution in [3.63, 3.8) is 0 Å². The number of thiazole rings is 1. The van der Waals surface area contributed by atoms with Gasteiger partial charge in [0.2, 0.25) is 5.91 Å². The minimum atomic E-state index is -0.529. The molecule has 0 spiro atoms. The van der Waals surface area contributed by atoms with Crippen molar-refractivity contribution in [3.8, 4) is 5.75 Å². The van der Waals surface area contributed by atoms with Crippen LogP contribution < -0.4 is 15.8 Å². The molecule has 0 bridgehead atoms. The second kappa shape index (κ2) is 9.14. The summed E-state index contributed by atoms with van der Waals surface area (Å²) in [5.41, 5.74) is 6.76. The topological polar surface area (TPSA) is 94.3 Å². The Morgan fingerprint density at radius 3 is 2.59 bits per heavy atom. The Labute approximate surface area is 161 Å². The van der Waals surface area contributed by atoms with Crippen molar-refractivity contribution >= 4 is 39.1 Å². The molecule has 3 aromatic rings. The molecule has 0 saturated heterocycles. The predicted molar refractivity (Wildman–Crippen MR) is 107 cm³/mol. The van der Waals surface area contributed by atoms with Gasteiger partial charge in [0.05, 0.1) is 15.2 Å². The number of hydrogen-bond acceptors (Lipinski definition) is 5. The van der Waals surface area contributed by atoms with Gasteiger partial charge in [0, 0.05) is 12.1 Å². The van der Waals surface area contributed by atoms with E-state index in [1.165, 1.54) is 4.70 Å². The number of nitrogens with one attached hydrogen (secondary N) is 1. The lowest BCUT2D eigenvalue weighted by Gasteiger charge is -2.07. The zero-order chi connectivity index (χ0) is 19.1. The monoisotopic (exact) mass is 383 g/mol. The van der Waals surface area contributed by atoms with E-state index in [1.807, 2.05) is 18.2 Å². The lowest BCUT2D eigenvalue weighted by atomic mass is 10.2. The molecule has 0 unspecified atom stereocenters. The van der Waals surface area contributed by atoms with Gasteiger partial charge in [0.25, 0.3) is 5.91 Å². The van der Waals surface area contributed by atoms with E-state index in [1.54, 1.807) is 35.6 Å². The van der Waals surface area contributed by atoms with Crippen molar-refractivity contribution in [2.75, 3.05) is 11.9 Å².